The van der Waals surface area contributed by atoms with Crippen LogP contribution in [0.1, 0.15) is 12.0 Å². The average Bonchev–Trinajstić information content (AvgIpc) is 1.99. The number of pyridine rings is 1. The quantitative estimate of drug-likeness (QED) is 0.612. The molecule has 1 aromatic rings. The Balaban J connectivity index is 3.45. The molecule has 0 amide bonds. The summed E-state index contributed by atoms with van der Waals surface area (Å²) in [6, 6.07) is 0.871. The molecule has 0 aliphatic rings. The van der Waals surface area contributed by atoms with Gasteiger partial charge in [0.25, 0.3) is 15.5 Å². The Hall–Kier alpha value is 0.0200. The minimum atomic E-state index is -4.09. The SMILES string of the molecule is O=S(=O)(Cl)c1cc(Br)c(C(F)F)c(Cl)n1. The predicted molar refractivity (Wildman–Crippen MR) is 54.9 cm³/mol. The number of nitrogens with zero attached hydrogens (tertiary/aromatic N) is 1. The summed E-state index contributed by atoms with van der Waals surface area (Å²) in [4.78, 5) is 3.26. The van der Waals surface area contributed by atoms with Crippen molar-refractivity contribution in [2.45, 2.75) is 11.5 Å². The van der Waals surface area contributed by atoms with Gasteiger partial charge in [-0.15, -0.1) is 0 Å². The lowest BCUT2D eigenvalue weighted by Gasteiger charge is -2.06. The number of alkyl halides is 2. The molecule has 0 atom stereocenters. The van der Waals surface area contributed by atoms with Gasteiger partial charge in [-0.1, -0.05) is 27.5 Å². The van der Waals surface area contributed by atoms with Gasteiger partial charge in [0.2, 0.25) is 0 Å². The van der Waals surface area contributed by atoms with Crippen molar-refractivity contribution in [3.05, 3.63) is 21.3 Å². The van der Waals surface area contributed by atoms with E-state index in [0.29, 0.717) is 0 Å². The van der Waals surface area contributed by atoms with E-state index in [0.717, 1.165) is 6.07 Å². The van der Waals surface area contributed by atoms with Crippen LogP contribution in [0.5, 0.6) is 0 Å². The summed E-state index contributed by atoms with van der Waals surface area (Å²) in [5.74, 6) is 0. The van der Waals surface area contributed by atoms with Gasteiger partial charge in [0.05, 0.1) is 5.56 Å². The molecule has 84 valence electrons. The highest BCUT2D eigenvalue weighted by atomic mass is 79.9. The van der Waals surface area contributed by atoms with E-state index in [1.165, 1.54) is 0 Å². The number of rotatable bonds is 2. The van der Waals surface area contributed by atoms with E-state index in [4.69, 9.17) is 22.3 Å². The molecule has 0 N–H and O–H groups in total. The van der Waals surface area contributed by atoms with E-state index < -0.39 is 31.2 Å². The van der Waals surface area contributed by atoms with Crippen LogP contribution in [0.25, 0.3) is 0 Å². The van der Waals surface area contributed by atoms with Crippen LogP contribution in [0.2, 0.25) is 5.15 Å². The number of halogens is 5. The van der Waals surface area contributed by atoms with Crippen LogP contribution in [0, 0.1) is 0 Å². The predicted octanol–water partition coefficient (Wildman–Crippen LogP) is 3.36. The normalized spacial score (nSPS) is 12.1. The van der Waals surface area contributed by atoms with Crippen molar-refractivity contribution in [3.63, 3.8) is 0 Å². The monoisotopic (exact) mass is 339 g/mol. The van der Waals surface area contributed by atoms with Crippen molar-refractivity contribution in [2.75, 3.05) is 0 Å². The fourth-order valence-corrected chi connectivity index (χ4v) is 2.66. The van der Waals surface area contributed by atoms with Crippen LogP contribution in [-0.2, 0) is 9.05 Å². The molecule has 0 aromatic carbocycles. The first-order valence-electron chi connectivity index (χ1n) is 3.32. The van der Waals surface area contributed by atoms with Gasteiger partial charge in [0.1, 0.15) is 5.15 Å². The molecule has 1 aromatic heterocycles. The van der Waals surface area contributed by atoms with Crippen LogP contribution >= 0.6 is 38.2 Å². The molecule has 0 saturated carbocycles. The molecule has 0 aliphatic carbocycles. The zero-order valence-corrected chi connectivity index (χ0v) is 10.6. The Morgan fingerprint density at radius 2 is 2.00 bits per heavy atom. The maximum absolute atomic E-state index is 12.4. The van der Waals surface area contributed by atoms with Gasteiger partial charge < -0.3 is 0 Å². The smallest absolute Gasteiger partial charge is 0.223 e. The third-order valence-electron chi connectivity index (χ3n) is 1.41. The van der Waals surface area contributed by atoms with Gasteiger partial charge in [-0.05, 0) is 6.07 Å². The van der Waals surface area contributed by atoms with Crippen molar-refractivity contribution >= 4 is 47.3 Å². The number of aromatic nitrogens is 1. The highest BCUT2D eigenvalue weighted by Crippen LogP contribution is 2.34. The zero-order valence-electron chi connectivity index (χ0n) is 6.72. The van der Waals surface area contributed by atoms with Crippen molar-refractivity contribution in [2.24, 2.45) is 0 Å². The number of hydrogen-bond donors (Lipinski definition) is 0. The topological polar surface area (TPSA) is 47.0 Å². The van der Waals surface area contributed by atoms with Crippen LogP contribution in [0.3, 0.4) is 0 Å². The standard InChI is InChI=1S/C6H2BrCl2F2NO2S/c7-2-1-3(15(9,13)14)12-5(8)4(2)6(10)11/h1,6H. The van der Waals surface area contributed by atoms with Crippen LogP contribution in [0.4, 0.5) is 8.78 Å². The van der Waals surface area contributed by atoms with E-state index in [9.17, 15) is 17.2 Å². The summed E-state index contributed by atoms with van der Waals surface area (Å²) in [7, 11) is 0.889. The van der Waals surface area contributed by atoms with Crippen molar-refractivity contribution in [3.8, 4) is 0 Å². The summed E-state index contributed by atoms with van der Waals surface area (Å²) in [6.07, 6.45) is -2.86. The highest BCUT2D eigenvalue weighted by Gasteiger charge is 2.22. The number of hydrogen-bond acceptors (Lipinski definition) is 3. The molecule has 0 saturated heterocycles. The summed E-state index contributed by atoms with van der Waals surface area (Å²) in [5, 5.41) is -1.18. The molecule has 0 radical (unpaired) electrons. The molecule has 0 unspecified atom stereocenters. The maximum atomic E-state index is 12.4. The first-order valence-corrected chi connectivity index (χ1v) is 6.80. The Labute approximate surface area is 102 Å². The molecule has 15 heavy (non-hydrogen) atoms. The first kappa shape index (κ1) is 13.1. The van der Waals surface area contributed by atoms with Crippen LogP contribution < -0.4 is 0 Å². The summed E-state index contributed by atoms with van der Waals surface area (Å²) < 4.78 is 46.3. The lowest BCUT2D eigenvalue weighted by atomic mass is 10.3. The first-order chi connectivity index (χ1) is 6.73. The fraction of sp³-hybridized carbons (Fsp3) is 0.167. The van der Waals surface area contributed by atoms with E-state index in [1.807, 2.05) is 0 Å². The highest BCUT2D eigenvalue weighted by molar-refractivity contribution is 9.10. The zero-order chi connectivity index (χ0) is 11.8. The molecule has 3 nitrogen and oxygen atoms in total. The van der Waals surface area contributed by atoms with Gasteiger partial charge in [-0.25, -0.2) is 22.2 Å². The third kappa shape index (κ3) is 2.99. The summed E-state index contributed by atoms with van der Waals surface area (Å²) >= 11 is 8.15. The van der Waals surface area contributed by atoms with Crippen molar-refractivity contribution in [1.82, 2.24) is 4.98 Å². The Kier molecular flexibility index (Phi) is 3.91. The largest absolute Gasteiger partial charge is 0.278 e. The molecule has 0 bridgehead atoms. The fourth-order valence-electron chi connectivity index (χ4n) is 0.793. The van der Waals surface area contributed by atoms with Crippen molar-refractivity contribution < 1.29 is 17.2 Å². The van der Waals surface area contributed by atoms with Gasteiger partial charge in [-0.2, -0.15) is 0 Å². The van der Waals surface area contributed by atoms with Crippen LogP contribution in [-0.4, -0.2) is 13.4 Å². The Morgan fingerprint density at radius 3 is 2.33 bits per heavy atom. The van der Waals surface area contributed by atoms with E-state index in [-0.39, 0.29) is 4.47 Å². The molecule has 0 spiro atoms. The second kappa shape index (κ2) is 4.48. The van der Waals surface area contributed by atoms with Crippen LogP contribution in [0.15, 0.2) is 15.6 Å². The lowest BCUT2D eigenvalue weighted by molar-refractivity contribution is 0.150. The van der Waals surface area contributed by atoms with Gasteiger partial charge in [-0.3, -0.25) is 0 Å². The maximum Gasteiger partial charge on any atom is 0.278 e. The summed E-state index contributed by atoms with van der Waals surface area (Å²) in [5.41, 5.74) is -0.569. The molecule has 0 aliphatic heterocycles. The lowest BCUT2D eigenvalue weighted by Crippen LogP contribution is -1.99. The summed E-state index contributed by atoms with van der Waals surface area (Å²) in [6.45, 7) is 0. The minimum absolute atomic E-state index is 0.156. The van der Waals surface area contributed by atoms with Gasteiger partial charge in [0.15, 0.2) is 5.03 Å². The molecular formula is C6H2BrCl2F2NO2S. The molecule has 1 heterocycles. The molecular weight excluding hydrogens is 339 g/mol. The average molecular weight is 341 g/mol. The van der Waals surface area contributed by atoms with Gasteiger partial charge >= 0.3 is 0 Å². The van der Waals surface area contributed by atoms with Gasteiger partial charge in [0, 0.05) is 15.2 Å². The second-order valence-electron chi connectivity index (χ2n) is 2.39. The minimum Gasteiger partial charge on any atom is -0.223 e. The molecule has 9 heteroatoms. The van der Waals surface area contributed by atoms with E-state index in [2.05, 4.69) is 20.9 Å². The molecule has 1 rings (SSSR count). The van der Waals surface area contributed by atoms with E-state index in [1.54, 1.807) is 0 Å². The van der Waals surface area contributed by atoms with Crippen molar-refractivity contribution in [1.29, 1.82) is 0 Å². The second-order valence-corrected chi connectivity index (χ2v) is 6.11. The molecule has 0 fully saturated rings. The Bertz CT molecular complexity index is 471. The van der Waals surface area contributed by atoms with E-state index >= 15 is 0 Å². The third-order valence-corrected chi connectivity index (χ3v) is 3.53. The Morgan fingerprint density at radius 1 is 1.47 bits per heavy atom.